The predicted molar refractivity (Wildman–Crippen MR) is 129 cm³/mol. The Kier molecular flexibility index (Phi) is 7.50. The molecule has 7 heteroatoms. The number of fused-ring (bicyclic) bond motifs is 3. The largest absolute Gasteiger partial charge is 0.481 e. The average Bonchev–Trinajstić information content (AvgIpc) is 3.39. The van der Waals surface area contributed by atoms with Crippen LogP contribution in [0.25, 0.3) is 11.1 Å². The van der Waals surface area contributed by atoms with Crippen molar-refractivity contribution in [3.63, 3.8) is 0 Å². The molecule has 0 aliphatic heterocycles. The third-order valence-corrected chi connectivity index (χ3v) is 6.90. The van der Waals surface area contributed by atoms with E-state index in [-0.39, 0.29) is 24.9 Å². The molecule has 1 saturated carbocycles. The van der Waals surface area contributed by atoms with Gasteiger partial charge in [-0.1, -0.05) is 61.4 Å². The number of nitrogens with one attached hydrogen (secondary N) is 2. The van der Waals surface area contributed by atoms with Gasteiger partial charge in [0.05, 0.1) is 12.0 Å². The van der Waals surface area contributed by atoms with Crippen LogP contribution in [0, 0.1) is 0 Å². The minimum absolute atomic E-state index is 0.0237. The van der Waals surface area contributed by atoms with Crippen molar-refractivity contribution in [2.24, 2.45) is 0 Å². The molecule has 180 valence electrons. The molecule has 2 amide bonds. The zero-order chi connectivity index (χ0) is 24.0. The van der Waals surface area contributed by atoms with E-state index >= 15 is 0 Å². The summed E-state index contributed by atoms with van der Waals surface area (Å²) in [7, 11) is 0. The lowest BCUT2D eigenvalue weighted by Gasteiger charge is -2.28. The van der Waals surface area contributed by atoms with Crippen molar-refractivity contribution in [1.29, 1.82) is 0 Å². The number of carboxylic acid groups (broad SMARTS) is 1. The molecule has 2 aromatic rings. The molecule has 0 aromatic heterocycles. The van der Waals surface area contributed by atoms with Gasteiger partial charge in [0.25, 0.3) is 0 Å². The predicted octanol–water partition coefficient (Wildman–Crippen LogP) is 4.60. The molecule has 2 aliphatic rings. The van der Waals surface area contributed by atoms with Crippen LogP contribution in [0.2, 0.25) is 0 Å². The monoisotopic (exact) mass is 464 g/mol. The molecule has 0 radical (unpaired) electrons. The Morgan fingerprint density at radius 1 is 0.941 bits per heavy atom. The van der Waals surface area contributed by atoms with E-state index in [1.165, 1.54) is 22.3 Å². The quantitative estimate of drug-likeness (QED) is 0.446. The van der Waals surface area contributed by atoms with Crippen LogP contribution < -0.4 is 10.6 Å². The Bertz CT molecular complexity index is 999. The summed E-state index contributed by atoms with van der Waals surface area (Å²) in [6.07, 6.45) is 4.40. The maximum Gasteiger partial charge on any atom is 0.407 e. The van der Waals surface area contributed by atoms with Crippen LogP contribution in [0.15, 0.2) is 48.5 Å². The lowest BCUT2D eigenvalue weighted by Crippen LogP contribution is -2.47. The first-order chi connectivity index (χ1) is 16.5. The first-order valence-corrected chi connectivity index (χ1v) is 12.1. The first-order valence-electron chi connectivity index (χ1n) is 12.1. The number of ether oxygens (including phenoxy) is 1. The number of amides is 2. The first kappa shape index (κ1) is 23.8. The second-order valence-corrected chi connectivity index (χ2v) is 9.32. The van der Waals surface area contributed by atoms with E-state index in [9.17, 15) is 14.4 Å². The van der Waals surface area contributed by atoms with Crippen molar-refractivity contribution in [1.82, 2.24) is 10.6 Å². The highest BCUT2D eigenvalue weighted by Crippen LogP contribution is 2.44. The van der Waals surface area contributed by atoms with Gasteiger partial charge in [-0.15, -0.1) is 0 Å². The zero-order valence-corrected chi connectivity index (χ0v) is 19.3. The van der Waals surface area contributed by atoms with Crippen LogP contribution in [-0.4, -0.2) is 41.8 Å². The molecular formula is C27H32N2O5. The number of unbranched alkanes of at least 4 members (excludes halogenated alkanes) is 1. The molecule has 2 aliphatic carbocycles. The average molecular weight is 465 g/mol. The molecular weight excluding hydrogens is 432 g/mol. The molecule has 34 heavy (non-hydrogen) atoms. The molecule has 0 atom stereocenters. The van der Waals surface area contributed by atoms with Crippen LogP contribution >= 0.6 is 0 Å². The smallest absolute Gasteiger partial charge is 0.407 e. The molecule has 4 rings (SSSR count). The fourth-order valence-electron chi connectivity index (χ4n) is 5.30. The Morgan fingerprint density at radius 2 is 1.56 bits per heavy atom. The van der Waals surface area contributed by atoms with Crippen molar-refractivity contribution in [3.8, 4) is 11.1 Å². The van der Waals surface area contributed by atoms with Crippen molar-refractivity contribution in [3.05, 3.63) is 59.7 Å². The minimum Gasteiger partial charge on any atom is -0.481 e. The summed E-state index contributed by atoms with van der Waals surface area (Å²) in [5.74, 6) is -0.977. The molecule has 0 spiro atoms. The lowest BCUT2D eigenvalue weighted by molar-refractivity contribution is -0.139. The number of carbonyl (C=O) groups is 3. The second kappa shape index (κ2) is 10.7. The summed E-state index contributed by atoms with van der Waals surface area (Å²) in [5, 5.41) is 14.9. The Labute approximate surface area is 199 Å². The highest BCUT2D eigenvalue weighted by molar-refractivity contribution is 5.79. The van der Waals surface area contributed by atoms with Gasteiger partial charge in [0.1, 0.15) is 6.61 Å². The van der Waals surface area contributed by atoms with Gasteiger partial charge >= 0.3 is 12.1 Å². The highest BCUT2D eigenvalue weighted by Gasteiger charge is 2.37. The molecule has 0 bridgehead atoms. The standard InChI is InChI=1S/C27H32N2O5/c30-24(29-27(17-25(31)32)14-6-7-15-27)13-5-8-16-28-26(33)34-18-23-21-11-3-1-9-19(21)20-10-2-4-12-22(20)23/h1-4,9-12,23H,5-8,13-18H2,(H,28,33)(H,29,30)(H,31,32). The number of alkyl carbamates (subject to hydrolysis) is 1. The normalized spacial score (nSPS) is 15.9. The van der Waals surface area contributed by atoms with E-state index in [4.69, 9.17) is 9.84 Å². The molecule has 0 unspecified atom stereocenters. The number of hydrogen-bond donors (Lipinski definition) is 3. The molecule has 3 N–H and O–H groups in total. The Hall–Kier alpha value is -3.35. The van der Waals surface area contributed by atoms with Gasteiger partial charge in [-0.2, -0.15) is 0 Å². The second-order valence-electron chi connectivity index (χ2n) is 9.32. The number of carboxylic acids is 1. The van der Waals surface area contributed by atoms with Crippen LogP contribution in [0.4, 0.5) is 4.79 Å². The summed E-state index contributed by atoms with van der Waals surface area (Å²) in [5.41, 5.74) is 4.12. The maximum atomic E-state index is 12.3. The van der Waals surface area contributed by atoms with Gasteiger partial charge in [0, 0.05) is 18.9 Å². The third-order valence-electron chi connectivity index (χ3n) is 6.90. The number of rotatable bonds is 10. The van der Waals surface area contributed by atoms with Gasteiger partial charge in [-0.05, 0) is 47.9 Å². The Balaban J connectivity index is 1.17. The Morgan fingerprint density at radius 3 is 2.18 bits per heavy atom. The number of benzene rings is 2. The van der Waals surface area contributed by atoms with Crippen molar-refractivity contribution in [2.75, 3.05) is 13.2 Å². The van der Waals surface area contributed by atoms with Crippen molar-refractivity contribution in [2.45, 2.75) is 62.8 Å². The SMILES string of the molecule is O=C(O)CC1(NC(=O)CCCCNC(=O)OCC2c3ccccc3-c3ccccc32)CCCC1. The van der Waals surface area contributed by atoms with E-state index in [1.54, 1.807) is 0 Å². The summed E-state index contributed by atoms with van der Waals surface area (Å²) in [4.78, 5) is 35.7. The van der Waals surface area contributed by atoms with E-state index in [2.05, 4.69) is 34.9 Å². The van der Waals surface area contributed by atoms with Crippen LogP contribution in [0.1, 0.15) is 68.4 Å². The van der Waals surface area contributed by atoms with Crippen LogP contribution in [-0.2, 0) is 14.3 Å². The summed E-state index contributed by atoms with van der Waals surface area (Å²) >= 11 is 0. The topological polar surface area (TPSA) is 105 Å². The van der Waals surface area contributed by atoms with Gasteiger partial charge in [0.15, 0.2) is 0 Å². The number of hydrogen-bond acceptors (Lipinski definition) is 4. The van der Waals surface area contributed by atoms with Crippen molar-refractivity contribution < 1.29 is 24.2 Å². The van der Waals surface area contributed by atoms with E-state index < -0.39 is 17.6 Å². The lowest BCUT2D eigenvalue weighted by atomic mass is 9.93. The van der Waals surface area contributed by atoms with E-state index in [1.807, 2.05) is 24.3 Å². The maximum absolute atomic E-state index is 12.3. The summed E-state index contributed by atoms with van der Waals surface area (Å²) < 4.78 is 5.52. The van der Waals surface area contributed by atoms with Gasteiger partial charge < -0.3 is 20.5 Å². The molecule has 7 nitrogen and oxygen atoms in total. The van der Waals surface area contributed by atoms with Gasteiger partial charge in [0.2, 0.25) is 5.91 Å². The fourth-order valence-corrected chi connectivity index (χ4v) is 5.30. The summed E-state index contributed by atoms with van der Waals surface area (Å²) in [6.45, 7) is 0.693. The molecule has 2 aromatic carbocycles. The molecule has 0 heterocycles. The van der Waals surface area contributed by atoms with Crippen LogP contribution in [0.5, 0.6) is 0 Å². The number of carbonyl (C=O) groups excluding carboxylic acids is 2. The molecule has 1 fully saturated rings. The van der Waals surface area contributed by atoms with Gasteiger partial charge in [-0.3, -0.25) is 9.59 Å². The fraction of sp³-hybridized carbons (Fsp3) is 0.444. The van der Waals surface area contributed by atoms with Crippen molar-refractivity contribution >= 4 is 18.0 Å². The third kappa shape index (κ3) is 5.58. The van der Waals surface area contributed by atoms with E-state index in [0.717, 1.165) is 12.8 Å². The zero-order valence-electron chi connectivity index (χ0n) is 19.3. The summed E-state index contributed by atoms with van der Waals surface area (Å²) in [6, 6.07) is 16.4. The van der Waals surface area contributed by atoms with Crippen LogP contribution in [0.3, 0.4) is 0 Å². The number of aliphatic carboxylic acids is 1. The van der Waals surface area contributed by atoms with Gasteiger partial charge in [-0.25, -0.2) is 4.79 Å². The highest BCUT2D eigenvalue weighted by atomic mass is 16.5. The van der Waals surface area contributed by atoms with E-state index in [0.29, 0.717) is 38.6 Å². The molecule has 0 saturated heterocycles. The minimum atomic E-state index is -0.880.